The first-order valence-corrected chi connectivity index (χ1v) is 11.7. The van der Waals surface area contributed by atoms with E-state index >= 15 is 0 Å². The first kappa shape index (κ1) is 22.6. The number of anilines is 1. The smallest absolute Gasteiger partial charge is 0.303 e. The number of benzene rings is 2. The van der Waals surface area contributed by atoms with E-state index in [2.05, 4.69) is 22.4 Å². The Morgan fingerprint density at radius 1 is 1.20 bits per heavy atom. The number of hydrogen-bond donors (Lipinski definition) is 2. The summed E-state index contributed by atoms with van der Waals surface area (Å²) in [4.78, 5) is 28.8. The van der Waals surface area contributed by atoms with Crippen molar-refractivity contribution in [1.82, 2.24) is 4.98 Å². The van der Waals surface area contributed by atoms with Gasteiger partial charge in [-0.1, -0.05) is 12.1 Å². The van der Waals surface area contributed by atoms with E-state index in [1.165, 1.54) is 0 Å². The zero-order valence-electron chi connectivity index (χ0n) is 19.2. The molecule has 0 radical (unpaired) electrons. The van der Waals surface area contributed by atoms with Crippen molar-refractivity contribution in [2.75, 3.05) is 11.9 Å². The molecule has 1 aliphatic carbocycles. The van der Waals surface area contributed by atoms with Crippen LogP contribution in [0.3, 0.4) is 0 Å². The lowest BCUT2D eigenvalue weighted by atomic mass is 9.86. The highest BCUT2D eigenvalue weighted by Gasteiger charge is 2.61. The van der Waals surface area contributed by atoms with Gasteiger partial charge in [0.25, 0.3) is 0 Å². The predicted molar refractivity (Wildman–Crippen MR) is 130 cm³/mol. The molecule has 2 heterocycles. The number of ether oxygens (including phenoxy) is 1. The molecule has 2 N–H and O–H groups in total. The van der Waals surface area contributed by atoms with Gasteiger partial charge in [-0.25, -0.2) is 0 Å². The van der Waals surface area contributed by atoms with Crippen LogP contribution in [0.4, 0.5) is 5.69 Å². The summed E-state index contributed by atoms with van der Waals surface area (Å²) in [5.41, 5.74) is 4.48. The van der Waals surface area contributed by atoms with Gasteiger partial charge >= 0.3 is 5.97 Å². The molecule has 3 aromatic rings. The van der Waals surface area contributed by atoms with E-state index in [1.807, 2.05) is 30.3 Å². The number of carboxylic acid groups (broad SMARTS) is 1. The normalized spacial score (nSPS) is 19.8. The van der Waals surface area contributed by atoms with Crippen LogP contribution in [0.1, 0.15) is 42.4 Å². The maximum absolute atomic E-state index is 13.4. The van der Waals surface area contributed by atoms with Crippen molar-refractivity contribution in [3.05, 3.63) is 77.5 Å². The van der Waals surface area contributed by atoms with Crippen molar-refractivity contribution in [2.45, 2.75) is 37.5 Å². The van der Waals surface area contributed by atoms with Gasteiger partial charge in [0.2, 0.25) is 5.91 Å². The van der Waals surface area contributed by atoms with Crippen LogP contribution < -0.4 is 10.1 Å². The van der Waals surface area contributed by atoms with Crippen LogP contribution in [0.5, 0.6) is 5.75 Å². The van der Waals surface area contributed by atoms with E-state index in [1.54, 1.807) is 24.4 Å². The van der Waals surface area contributed by atoms with Gasteiger partial charge in [0.15, 0.2) is 0 Å². The number of nitrogens with one attached hydrogen (secondary N) is 1. The van der Waals surface area contributed by atoms with Crippen molar-refractivity contribution >= 4 is 17.6 Å². The van der Waals surface area contributed by atoms with Crippen LogP contribution in [-0.4, -0.2) is 28.6 Å². The molecule has 5 rings (SSSR count). The average Bonchev–Trinajstić information content (AvgIpc) is 3.60. The molecule has 1 fully saturated rings. The van der Waals surface area contributed by atoms with Crippen LogP contribution in [0.2, 0.25) is 0 Å². The lowest BCUT2D eigenvalue weighted by Crippen LogP contribution is -2.27. The van der Waals surface area contributed by atoms with E-state index in [-0.39, 0.29) is 23.7 Å². The minimum Gasteiger partial charge on any atom is -0.493 e. The van der Waals surface area contributed by atoms with E-state index < -0.39 is 5.97 Å². The lowest BCUT2D eigenvalue weighted by molar-refractivity contribution is -0.137. The highest BCUT2D eigenvalue weighted by atomic mass is 16.5. The zero-order valence-corrected chi connectivity index (χ0v) is 19.2. The maximum atomic E-state index is 13.4. The predicted octanol–water partition coefficient (Wildman–Crippen LogP) is 4.71. The fourth-order valence-corrected chi connectivity index (χ4v) is 5.07. The van der Waals surface area contributed by atoms with Crippen LogP contribution in [0, 0.1) is 17.2 Å². The van der Waals surface area contributed by atoms with Gasteiger partial charge in [-0.15, -0.1) is 0 Å². The van der Waals surface area contributed by atoms with Crippen molar-refractivity contribution < 1.29 is 19.4 Å². The number of amides is 1. The molecule has 7 heteroatoms. The van der Waals surface area contributed by atoms with E-state index in [9.17, 15) is 14.9 Å². The molecule has 2 atom stereocenters. The summed E-state index contributed by atoms with van der Waals surface area (Å²) in [5, 5.41) is 21.3. The number of nitriles is 1. The largest absolute Gasteiger partial charge is 0.493 e. The molecule has 1 amide bonds. The molecule has 176 valence electrons. The van der Waals surface area contributed by atoms with Crippen LogP contribution in [0.25, 0.3) is 11.3 Å². The zero-order chi connectivity index (χ0) is 24.4. The third-order valence-corrected chi connectivity index (χ3v) is 7.01. The number of carboxylic acids is 1. The summed E-state index contributed by atoms with van der Waals surface area (Å²) < 4.78 is 5.91. The third-order valence-electron chi connectivity index (χ3n) is 7.01. The second kappa shape index (κ2) is 9.22. The molecule has 1 aromatic heterocycles. The summed E-state index contributed by atoms with van der Waals surface area (Å²) in [7, 11) is 0. The lowest BCUT2D eigenvalue weighted by Gasteiger charge is -2.27. The standard InChI is InChI=1S/C28H25N3O4/c29-17-18-7-8-19(4-3-6-26(32)33)24(14-18)31-27(34)22-16-28(22)11-13-35-25-10-9-20(15-21(25)28)23-5-1-2-12-30-23/h1-2,5,7-10,12,14-15,22H,3-4,6,11,13,16H2,(H,31,34)(H,32,33)/t22-,28?/m0/s1. The molecule has 1 spiro atoms. The number of hydrogen-bond acceptors (Lipinski definition) is 5. The Balaban J connectivity index is 1.38. The average molecular weight is 468 g/mol. The summed E-state index contributed by atoms with van der Waals surface area (Å²) in [6.07, 6.45) is 4.26. The van der Waals surface area contributed by atoms with Crippen molar-refractivity contribution in [3.8, 4) is 23.1 Å². The number of aryl methyl sites for hydroxylation is 1. The number of nitrogens with zero attached hydrogens (tertiary/aromatic N) is 2. The molecule has 2 aromatic carbocycles. The summed E-state index contributed by atoms with van der Waals surface area (Å²) in [6, 6.07) is 19.1. The van der Waals surface area contributed by atoms with Gasteiger partial charge in [0.05, 0.1) is 23.9 Å². The highest BCUT2D eigenvalue weighted by molar-refractivity contribution is 5.97. The molecule has 1 saturated carbocycles. The quantitative estimate of drug-likeness (QED) is 0.521. The Hall–Kier alpha value is -4.18. The Morgan fingerprint density at radius 2 is 2.09 bits per heavy atom. The Labute approximate surface area is 203 Å². The third kappa shape index (κ3) is 4.47. The van der Waals surface area contributed by atoms with Gasteiger partial charge in [0.1, 0.15) is 5.75 Å². The van der Waals surface area contributed by atoms with Crippen molar-refractivity contribution in [3.63, 3.8) is 0 Å². The Morgan fingerprint density at radius 3 is 2.86 bits per heavy atom. The minimum atomic E-state index is -0.854. The van der Waals surface area contributed by atoms with Gasteiger partial charge in [-0.05, 0) is 73.7 Å². The van der Waals surface area contributed by atoms with E-state index in [0.29, 0.717) is 30.7 Å². The fourth-order valence-electron chi connectivity index (χ4n) is 5.07. The molecule has 1 unspecified atom stereocenters. The summed E-state index contributed by atoms with van der Waals surface area (Å²) in [6.45, 7) is 0.560. The summed E-state index contributed by atoms with van der Waals surface area (Å²) >= 11 is 0. The first-order valence-electron chi connectivity index (χ1n) is 11.7. The fraction of sp³-hybridized carbons (Fsp3) is 0.286. The molecule has 7 nitrogen and oxygen atoms in total. The van der Waals surface area contributed by atoms with Crippen LogP contribution >= 0.6 is 0 Å². The molecular weight excluding hydrogens is 442 g/mol. The van der Waals surface area contributed by atoms with Gasteiger partial charge in [-0.2, -0.15) is 5.26 Å². The van der Waals surface area contributed by atoms with Gasteiger partial charge in [0, 0.05) is 40.8 Å². The van der Waals surface area contributed by atoms with Gasteiger partial charge < -0.3 is 15.2 Å². The van der Waals surface area contributed by atoms with Crippen LogP contribution in [-0.2, 0) is 21.4 Å². The molecule has 2 aliphatic rings. The number of aliphatic carboxylic acids is 1. The monoisotopic (exact) mass is 467 g/mol. The summed E-state index contributed by atoms with van der Waals surface area (Å²) in [5.74, 6) is -0.336. The number of aromatic nitrogens is 1. The molecule has 35 heavy (non-hydrogen) atoms. The number of fused-ring (bicyclic) bond motifs is 2. The second-order valence-electron chi connectivity index (χ2n) is 9.16. The van der Waals surface area contributed by atoms with Crippen molar-refractivity contribution in [2.24, 2.45) is 5.92 Å². The van der Waals surface area contributed by atoms with Crippen LogP contribution in [0.15, 0.2) is 60.8 Å². The highest BCUT2D eigenvalue weighted by Crippen LogP contribution is 2.61. The maximum Gasteiger partial charge on any atom is 0.303 e. The Bertz CT molecular complexity index is 1330. The molecule has 0 saturated heterocycles. The van der Waals surface area contributed by atoms with Gasteiger partial charge in [-0.3, -0.25) is 14.6 Å². The number of carbonyl (C=O) groups excluding carboxylic acids is 1. The molecule has 0 bridgehead atoms. The second-order valence-corrected chi connectivity index (χ2v) is 9.16. The minimum absolute atomic E-state index is 0.0501. The number of carbonyl (C=O) groups is 2. The van der Waals surface area contributed by atoms with E-state index in [4.69, 9.17) is 9.84 Å². The number of pyridine rings is 1. The topological polar surface area (TPSA) is 112 Å². The van der Waals surface area contributed by atoms with Crippen molar-refractivity contribution in [1.29, 1.82) is 5.26 Å². The molecular formula is C28H25N3O4. The number of rotatable bonds is 7. The molecule has 1 aliphatic heterocycles. The SMILES string of the molecule is N#Cc1ccc(CCCC(=O)O)c(NC(=O)[C@@H]2CC23CCOc2ccc(-c4ccccn4)cc23)c1. The van der Waals surface area contributed by atoms with E-state index in [0.717, 1.165) is 41.0 Å². The Kier molecular flexibility index (Phi) is 5.96. The first-order chi connectivity index (χ1) is 17.0.